The summed E-state index contributed by atoms with van der Waals surface area (Å²) in [4.78, 5) is 45.1. The molecule has 14 heteroatoms. The molecule has 10 nitrogen and oxygen atoms in total. The molecular formula is C23H22ClF3N6O4. The first kappa shape index (κ1) is 26.2. The average Bonchev–Trinajstić information content (AvgIpc) is 3.32. The number of carbonyl (C=O) groups is 1. The number of hydrogen-bond donors (Lipinski definition) is 3. The van der Waals surface area contributed by atoms with E-state index in [4.69, 9.17) is 16.3 Å². The normalized spacial score (nSPS) is 15.6. The molecular weight excluding hydrogens is 517 g/mol. The molecule has 0 radical (unpaired) electrons. The lowest BCUT2D eigenvalue weighted by Crippen LogP contribution is -2.49. The van der Waals surface area contributed by atoms with Crippen molar-refractivity contribution in [1.82, 2.24) is 25.4 Å². The molecule has 1 aliphatic rings. The molecule has 1 amide bonds. The second-order valence-electron chi connectivity index (χ2n) is 8.21. The minimum atomic E-state index is -4.99. The van der Waals surface area contributed by atoms with Crippen LogP contribution in [-0.2, 0) is 11.4 Å². The fourth-order valence-electron chi connectivity index (χ4n) is 3.90. The lowest BCUT2D eigenvalue weighted by Gasteiger charge is -2.26. The minimum Gasteiger partial charge on any atom is -0.487 e. The molecule has 196 valence electrons. The van der Waals surface area contributed by atoms with Crippen LogP contribution in [0.25, 0.3) is 5.69 Å². The number of pyridine rings is 3. The summed E-state index contributed by atoms with van der Waals surface area (Å²) >= 11 is 5.81. The Morgan fingerprint density at radius 2 is 2.03 bits per heavy atom. The van der Waals surface area contributed by atoms with Crippen LogP contribution in [0.4, 0.5) is 19.0 Å². The Morgan fingerprint density at radius 3 is 2.70 bits per heavy atom. The average molecular weight is 539 g/mol. The number of aromatic nitrogens is 3. The summed E-state index contributed by atoms with van der Waals surface area (Å²) < 4.78 is 43.8. The van der Waals surface area contributed by atoms with E-state index in [9.17, 15) is 27.6 Å². The van der Waals surface area contributed by atoms with Crippen LogP contribution in [0.1, 0.15) is 18.5 Å². The van der Waals surface area contributed by atoms with Gasteiger partial charge in [-0.3, -0.25) is 29.4 Å². The summed E-state index contributed by atoms with van der Waals surface area (Å²) in [6.45, 7) is 0.725. The van der Waals surface area contributed by atoms with Crippen molar-refractivity contribution in [2.75, 3.05) is 18.0 Å². The van der Waals surface area contributed by atoms with Gasteiger partial charge in [-0.05, 0) is 43.2 Å². The van der Waals surface area contributed by atoms with E-state index in [1.165, 1.54) is 29.1 Å². The quantitative estimate of drug-likeness (QED) is 0.376. The number of rotatable bonds is 8. The van der Waals surface area contributed by atoms with Crippen molar-refractivity contribution in [1.29, 1.82) is 0 Å². The van der Waals surface area contributed by atoms with E-state index < -0.39 is 23.2 Å². The second-order valence-corrected chi connectivity index (χ2v) is 8.64. The van der Waals surface area contributed by atoms with Crippen molar-refractivity contribution in [3.8, 4) is 11.4 Å². The van der Waals surface area contributed by atoms with Crippen LogP contribution in [-0.4, -0.2) is 45.7 Å². The van der Waals surface area contributed by atoms with E-state index in [0.717, 1.165) is 6.42 Å². The number of hydrazine groups is 1. The Balaban J connectivity index is 1.42. The van der Waals surface area contributed by atoms with Crippen LogP contribution >= 0.6 is 11.6 Å². The number of carbonyl (C=O) groups excluding carboxylic acids is 1. The number of nitrogens with one attached hydrogen (secondary N) is 3. The second kappa shape index (κ2) is 11.0. The highest BCUT2D eigenvalue weighted by atomic mass is 35.5. The zero-order chi connectivity index (χ0) is 26.6. The number of hydrogen-bond acceptors (Lipinski definition) is 7. The Morgan fingerprint density at radius 1 is 1.22 bits per heavy atom. The third-order valence-electron chi connectivity index (χ3n) is 5.68. The van der Waals surface area contributed by atoms with Gasteiger partial charge >= 0.3 is 12.1 Å². The van der Waals surface area contributed by atoms with Crippen molar-refractivity contribution in [2.45, 2.75) is 31.7 Å². The lowest BCUT2D eigenvalue weighted by atomic mass is 10.2. The first-order valence-corrected chi connectivity index (χ1v) is 11.6. The van der Waals surface area contributed by atoms with E-state index >= 15 is 0 Å². The summed E-state index contributed by atoms with van der Waals surface area (Å²) in [5, 5.41) is 0.494. The standard InChI is InChI=1S/C23H22ClF3N6O4/c24-14-3-4-15(28-11-14)13-37-17-7-9-33(20(34)10-17)18-5-6-19(30-21(18)35)32-8-1-2-16(32)12-29-31-22(36)23(25,26)27/h3-7,9-11,16,29H,1-2,8,12-13H2,(H,30,35)(H,31,36)/t16-/m1/s1. The summed E-state index contributed by atoms with van der Waals surface area (Å²) in [7, 11) is 0. The van der Waals surface area contributed by atoms with Gasteiger partial charge in [0.1, 0.15) is 23.9 Å². The lowest BCUT2D eigenvalue weighted by molar-refractivity contribution is -0.174. The van der Waals surface area contributed by atoms with Crippen molar-refractivity contribution >= 4 is 23.3 Å². The molecule has 3 N–H and O–H groups in total. The molecule has 37 heavy (non-hydrogen) atoms. The summed E-state index contributed by atoms with van der Waals surface area (Å²) in [5.74, 6) is -1.34. The maximum atomic E-state index is 12.8. The van der Waals surface area contributed by atoms with Crippen molar-refractivity contribution in [3.63, 3.8) is 0 Å². The molecule has 0 saturated carbocycles. The van der Waals surface area contributed by atoms with Crippen LogP contribution in [0.5, 0.6) is 5.75 Å². The zero-order valence-electron chi connectivity index (χ0n) is 19.2. The number of H-pyrrole nitrogens is 1. The van der Waals surface area contributed by atoms with Crippen LogP contribution in [0.3, 0.4) is 0 Å². The van der Waals surface area contributed by atoms with Crippen LogP contribution in [0, 0.1) is 0 Å². The SMILES string of the molecule is O=C(NNC[C@H]1CCCN1c1ccc(-n2ccc(OCc3ccc(Cl)cn3)cc2=O)c(=O)[nH]1)C(F)(F)F. The number of nitrogens with zero attached hydrogens (tertiary/aromatic N) is 3. The molecule has 0 aromatic carbocycles. The highest BCUT2D eigenvalue weighted by molar-refractivity contribution is 6.30. The van der Waals surface area contributed by atoms with Gasteiger partial charge in [-0.25, -0.2) is 5.43 Å². The van der Waals surface area contributed by atoms with Gasteiger partial charge in [0.25, 0.3) is 11.1 Å². The number of anilines is 1. The van der Waals surface area contributed by atoms with Gasteiger partial charge in [-0.2, -0.15) is 13.2 Å². The first-order chi connectivity index (χ1) is 17.6. The molecule has 4 heterocycles. The number of amides is 1. The highest BCUT2D eigenvalue weighted by Crippen LogP contribution is 2.23. The molecule has 0 spiro atoms. The molecule has 0 aliphatic carbocycles. The number of halogens is 4. The van der Waals surface area contributed by atoms with Crippen molar-refractivity contribution in [3.05, 3.63) is 80.2 Å². The van der Waals surface area contributed by atoms with E-state index in [1.807, 2.05) is 4.90 Å². The number of alkyl halides is 3. The van der Waals surface area contributed by atoms with Crippen molar-refractivity contribution < 1.29 is 22.7 Å². The molecule has 0 bridgehead atoms. The van der Waals surface area contributed by atoms with E-state index in [1.54, 1.807) is 29.7 Å². The summed E-state index contributed by atoms with van der Waals surface area (Å²) in [5.41, 5.74) is 3.63. The summed E-state index contributed by atoms with van der Waals surface area (Å²) in [6, 6.07) is 9.01. The van der Waals surface area contributed by atoms with Gasteiger partial charge in [0.2, 0.25) is 0 Å². The zero-order valence-corrected chi connectivity index (χ0v) is 20.0. The molecule has 3 aromatic heterocycles. The summed E-state index contributed by atoms with van der Waals surface area (Å²) in [6.07, 6.45) is -0.690. The Labute approximate surface area is 213 Å². The molecule has 4 rings (SSSR count). The smallest absolute Gasteiger partial charge is 0.472 e. The fraction of sp³-hybridized carbons (Fsp3) is 0.304. The number of ether oxygens (including phenoxy) is 1. The van der Waals surface area contributed by atoms with Gasteiger partial charge in [0, 0.05) is 37.6 Å². The van der Waals surface area contributed by atoms with E-state index in [0.29, 0.717) is 35.2 Å². The van der Waals surface area contributed by atoms with E-state index in [2.05, 4.69) is 15.4 Å². The largest absolute Gasteiger partial charge is 0.487 e. The van der Waals surface area contributed by atoms with E-state index in [-0.39, 0.29) is 24.9 Å². The molecule has 1 saturated heterocycles. The molecule has 1 aliphatic heterocycles. The maximum Gasteiger partial charge on any atom is 0.472 e. The monoisotopic (exact) mass is 538 g/mol. The van der Waals surface area contributed by atoms with Gasteiger partial charge in [-0.1, -0.05) is 11.6 Å². The van der Waals surface area contributed by atoms with Crippen molar-refractivity contribution in [2.24, 2.45) is 0 Å². The maximum absolute atomic E-state index is 12.8. The third kappa shape index (κ3) is 6.49. The Bertz CT molecular complexity index is 1380. The van der Waals surface area contributed by atoms with Crippen LogP contribution in [0.15, 0.2) is 58.4 Å². The molecule has 1 fully saturated rings. The molecule has 1 atom stereocenters. The Kier molecular flexibility index (Phi) is 7.83. The minimum absolute atomic E-state index is 0.0397. The predicted molar refractivity (Wildman–Crippen MR) is 129 cm³/mol. The van der Waals surface area contributed by atoms with Gasteiger partial charge in [0.15, 0.2) is 0 Å². The van der Waals surface area contributed by atoms with Gasteiger partial charge < -0.3 is 14.6 Å². The highest BCUT2D eigenvalue weighted by Gasteiger charge is 2.38. The predicted octanol–water partition coefficient (Wildman–Crippen LogP) is 2.31. The first-order valence-electron chi connectivity index (χ1n) is 11.2. The van der Waals surface area contributed by atoms with Crippen LogP contribution in [0.2, 0.25) is 5.02 Å². The van der Waals surface area contributed by atoms with Crippen LogP contribution < -0.4 is 31.6 Å². The van der Waals surface area contributed by atoms with Gasteiger partial charge in [-0.15, -0.1) is 0 Å². The van der Waals surface area contributed by atoms with Gasteiger partial charge in [0.05, 0.1) is 10.7 Å². The third-order valence-corrected chi connectivity index (χ3v) is 5.91. The fourth-order valence-corrected chi connectivity index (χ4v) is 4.01. The molecule has 0 unspecified atom stereocenters. The number of aromatic amines is 1. The molecule has 3 aromatic rings. The Hall–Kier alpha value is -3.84. The topological polar surface area (TPSA) is 121 Å².